The number of rotatable bonds is 8. The van der Waals surface area contributed by atoms with Gasteiger partial charge in [-0.25, -0.2) is 9.79 Å². The Labute approximate surface area is 149 Å². The maximum absolute atomic E-state index is 12.3. The fourth-order valence-corrected chi connectivity index (χ4v) is 4.35. The Balaban J connectivity index is 1.92. The van der Waals surface area contributed by atoms with E-state index in [-0.39, 0.29) is 18.0 Å². The number of carbonyl (C=O) groups is 2. The number of carbonyl (C=O) groups excluding carboxylic acids is 2. The van der Waals surface area contributed by atoms with Gasteiger partial charge in [-0.15, -0.1) is 0 Å². The van der Waals surface area contributed by atoms with E-state index in [1.165, 1.54) is 37.0 Å². The van der Waals surface area contributed by atoms with Crippen LogP contribution in [0.5, 0.6) is 0 Å². The van der Waals surface area contributed by atoms with Crippen molar-refractivity contribution in [3.63, 3.8) is 0 Å². The number of imide groups is 1. The fourth-order valence-electron chi connectivity index (χ4n) is 3.16. The van der Waals surface area contributed by atoms with Crippen LogP contribution in [-0.2, 0) is 4.79 Å². The van der Waals surface area contributed by atoms with Crippen LogP contribution in [0.3, 0.4) is 0 Å². The van der Waals surface area contributed by atoms with Gasteiger partial charge < -0.3 is 9.80 Å². The molecule has 6 nitrogen and oxygen atoms in total. The lowest BCUT2D eigenvalue weighted by atomic mass is 10.1. The highest BCUT2D eigenvalue weighted by atomic mass is 32.2. The summed E-state index contributed by atoms with van der Waals surface area (Å²) in [5.41, 5.74) is 0. The third-order valence-electron chi connectivity index (χ3n) is 4.55. The van der Waals surface area contributed by atoms with Gasteiger partial charge in [0.15, 0.2) is 17.4 Å². The first-order valence-electron chi connectivity index (χ1n) is 9.04. The third kappa shape index (κ3) is 4.23. The van der Waals surface area contributed by atoms with Gasteiger partial charge in [0, 0.05) is 18.8 Å². The van der Waals surface area contributed by atoms with Gasteiger partial charge in [-0.2, -0.15) is 0 Å². The van der Waals surface area contributed by atoms with E-state index in [0.29, 0.717) is 0 Å². The van der Waals surface area contributed by atoms with Crippen LogP contribution in [0, 0.1) is 0 Å². The Morgan fingerprint density at radius 2 is 1.83 bits per heavy atom. The second-order valence-electron chi connectivity index (χ2n) is 6.79. The van der Waals surface area contributed by atoms with Crippen molar-refractivity contribution < 1.29 is 9.59 Å². The fraction of sp³-hybridized carbons (Fsp3) is 0.824. The van der Waals surface area contributed by atoms with E-state index in [9.17, 15) is 9.59 Å². The first-order valence-corrected chi connectivity index (χ1v) is 10.0. The van der Waals surface area contributed by atoms with Gasteiger partial charge in [-0.1, -0.05) is 50.8 Å². The van der Waals surface area contributed by atoms with Crippen molar-refractivity contribution in [2.45, 2.75) is 77.5 Å². The summed E-state index contributed by atoms with van der Waals surface area (Å²) in [6.45, 7) is 6.35. The molecule has 2 heterocycles. The predicted molar refractivity (Wildman–Crippen MR) is 99.1 cm³/mol. The average molecular weight is 355 g/mol. The third-order valence-corrected chi connectivity index (χ3v) is 5.61. The molecule has 0 spiro atoms. The minimum atomic E-state index is -0.403. The van der Waals surface area contributed by atoms with E-state index < -0.39 is 12.2 Å². The van der Waals surface area contributed by atoms with Crippen LogP contribution in [0.4, 0.5) is 4.79 Å². The molecule has 2 atom stereocenters. The van der Waals surface area contributed by atoms with E-state index in [1.807, 2.05) is 0 Å². The molecule has 1 N–H and O–H groups in total. The van der Waals surface area contributed by atoms with Crippen LogP contribution in [0.2, 0.25) is 0 Å². The number of hydrogen-bond donors (Lipinski definition) is 1. The minimum absolute atomic E-state index is 0.170. The molecule has 136 valence electrons. The first-order chi connectivity index (χ1) is 11.5. The Bertz CT molecular complexity index is 495. The van der Waals surface area contributed by atoms with E-state index in [0.717, 1.165) is 17.3 Å². The van der Waals surface area contributed by atoms with Crippen molar-refractivity contribution >= 4 is 28.9 Å². The van der Waals surface area contributed by atoms with E-state index in [1.54, 1.807) is 18.8 Å². The van der Waals surface area contributed by atoms with E-state index in [2.05, 4.69) is 31.0 Å². The van der Waals surface area contributed by atoms with Gasteiger partial charge in [0.05, 0.1) is 0 Å². The van der Waals surface area contributed by atoms with Crippen molar-refractivity contribution in [3.8, 4) is 0 Å². The molecule has 1 fully saturated rings. The minimum Gasteiger partial charge on any atom is -0.333 e. The highest BCUT2D eigenvalue weighted by molar-refractivity contribution is 8.13. The summed E-state index contributed by atoms with van der Waals surface area (Å²) in [7, 11) is 1.70. The lowest BCUT2D eigenvalue weighted by Gasteiger charge is -2.37. The Kier molecular flexibility index (Phi) is 6.95. The molecule has 2 rings (SSSR count). The molecule has 24 heavy (non-hydrogen) atoms. The molecule has 0 aromatic heterocycles. The molecular weight excluding hydrogens is 324 g/mol. The van der Waals surface area contributed by atoms with Crippen molar-refractivity contribution in [2.75, 3.05) is 12.8 Å². The monoisotopic (exact) mass is 354 g/mol. The van der Waals surface area contributed by atoms with Gasteiger partial charge in [0.2, 0.25) is 0 Å². The lowest BCUT2D eigenvalue weighted by molar-refractivity contribution is -0.127. The number of hydrogen-bond acceptors (Lipinski definition) is 5. The topological polar surface area (TPSA) is 65.0 Å². The lowest BCUT2D eigenvalue weighted by Crippen LogP contribution is -2.64. The van der Waals surface area contributed by atoms with Crippen LogP contribution in [0.15, 0.2) is 4.99 Å². The van der Waals surface area contributed by atoms with Crippen molar-refractivity contribution in [1.82, 2.24) is 15.1 Å². The SMILES string of the molecule is CCCCCCCCSC1=NC2C(C(=O)NC(=O)N2C)N1C(C)C. The Hall–Kier alpha value is -1.24. The van der Waals surface area contributed by atoms with E-state index >= 15 is 0 Å². The molecule has 0 saturated carbocycles. The van der Waals surface area contributed by atoms with Crippen LogP contribution < -0.4 is 5.32 Å². The number of amidine groups is 1. The van der Waals surface area contributed by atoms with Crippen LogP contribution >= 0.6 is 11.8 Å². The summed E-state index contributed by atoms with van der Waals surface area (Å²) < 4.78 is 0. The summed E-state index contributed by atoms with van der Waals surface area (Å²) >= 11 is 1.71. The normalized spacial score (nSPS) is 23.6. The number of aliphatic imine (C=N–C) groups is 1. The zero-order valence-electron chi connectivity index (χ0n) is 15.2. The molecule has 0 radical (unpaired) electrons. The zero-order chi connectivity index (χ0) is 17.7. The molecule has 0 aromatic carbocycles. The summed E-state index contributed by atoms with van der Waals surface area (Å²) in [5.74, 6) is 0.767. The second-order valence-corrected chi connectivity index (χ2v) is 7.85. The molecule has 0 aliphatic carbocycles. The molecule has 3 amide bonds. The number of fused-ring (bicyclic) bond motifs is 1. The number of amides is 3. The van der Waals surface area contributed by atoms with Crippen LogP contribution in [-0.4, -0.2) is 58.0 Å². The summed E-state index contributed by atoms with van der Waals surface area (Å²) in [6, 6.07) is -0.598. The number of thioether (sulfide) groups is 1. The summed E-state index contributed by atoms with van der Waals surface area (Å²) in [4.78, 5) is 32.4. The second kappa shape index (κ2) is 8.74. The Morgan fingerprint density at radius 3 is 2.50 bits per heavy atom. The molecular formula is C17H30N4O2S. The van der Waals surface area contributed by atoms with E-state index in [4.69, 9.17) is 4.99 Å². The van der Waals surface area contributed by atoms with Gasteiger partial charge in [0.1, 0.15) is 0 Å². The van der Waals surface area contributed by atoms with Crippen LogP contribution in [0.1, 0.15) is 59.3 Å². The maximum atomic E-state index is 12.3. The number of nitrogens with one attached hydrogen (secondary N) is 1. The number of urea groups is 1. The van der Waals surface area contributed by atoms with Gasteiger partial charge >= 0.3 is 6.03 Å². The molecule has 7 heteroatoms. The maximum Gasteiger partial charge on any atom is 0.325 e. The molecule has 2 aliphatic rings. The van der Waals surface area contributed by atoms with Crippen molar-refractivity contribution in [1.29, 1.82) is 0 Å². The number of unbranched alkanes of at least 4 members (excludes halogenated alkanes) is 5. The molecule has 2 aliphatic heterocycles. The Morgan fingerprint density at radius 1 is 1.17 bits per heavy atom. The number of likely N-dealkylation sites (N-methyl/N-ethyl adjacent to an activating group) is 1. The molecule has 1 saturated heterocycles. The predicted octanol–water partition coefficient (Wildman–Crippen LogP) is 3.04. The number of nitrogens with zero attached hydrogens (tertiary/aromatic N) is 3. The van der Waals surface area contributed by atoms with Gasteiger partial charge in [-0.05, 0) is 20.3 Å². The molecule has 0 aromatic rings. The average Bonchev–Trinajstić information content (AvgIpc) is 2.92. The standard InChI is InChI=1S/C17H30N4O2S/c1-5-6-7-8-9-10-11-24-17-18-14-13(21(17)12(2)3)15(22)19-16(23)20(14)4/h12-14H,5-11H2,1-4H3,(H,19,22,23). The highest BCUT2D eigenvalue weighted by Crippen LogP contribution is 2.30. The van der Waals surface area contributed by atoms with Gasteiger partial charge in [-0.3, -0.25) is 10.1 Å². The molecule has 2 unspecified atom stereocenters. The largest absolute Gasteiger partial charge is 0.333 e. The first kappa shape index (κ1) is 19.1. The molecule has 0 bridgehead atoms. The highest BCUT2D eigenvalue weighted by Gasteiger charge is 2.49. The summed E-state index contributed by atoms with van der Waals surface area (Å²) in [6.07, 6.45) is 7.20. The smallest absolute Gasteiger partial charge is 0.325 e. The quantitative estimate of drug-likeness (QED) is 0.681. The van der Waals surface area contributed by atoms with Crippen LogP contribution in [0.25, 0.3) is 0 Å². The summed E-state index contributed by atoms with van der Waals surface area (Å²) in [5, 5.41) is 3.32. The van der Waals surface area contributed by atoms with Gasteiger partial charge in [0.25, 0.3) is 5.91 Å². The van der Waals surface area contributed by atoms with Crippen molar-refractivity contribution in [3.05, 3.63) is 0 Å². The van der Waals surface area contributed by atoms with Crippen molar-refractivity contribution in [2.24, 2.45) is 4.99 Å². The zero-order valence-corrected chi connectivity index (χ0v) is 16.1.